The predicted octanol–water partition coefficient (Wildman–Crippen LogP) is 6.28. The molecule has 2 aromatic carbocycles. The third-order valence-electron chi connectivity index (χ3n) is 9.35. The first-order valence-corrected chi connectivity index (χ1v) is 14.5. The van der Waals surface area contributed by atoms with E-state index in [-0.39, 0.29) is 11.4 Å². The summed E-state index contributed by atoms with van der Waals surface area (Å²) in [5, 5.41) is 4.13. The van der Waals surface area contributed by atoms with E-state index in [0.29, 0.717) is 78.0 Å². The molecule has 2 N–H and O–H groups in total. The number of aromatic amines is 1. The van der Waals surface area contributed by atoms with E-state index in [1.807, 2.05) is 30.3 Å². The van der Waals surface area contributed by atoms with Crippen LogP contribution in [0.5, 0.6) is 0 Å². The molecule has 4 fully saturated rings. The van der Waals surface area contributed by atoms with Crippen molar-refractivity contribution in [3.8, 4) is 22.6 Å². The number of carbonyl (C=O) groups excluding carboxylic acids is 1. The molecule has 0 radical (unpaired) electrons. The van der Waals surface area contributed by atoms with E-state index in [1.54, 1.807) is 11.1 Å². The van der Waals surface area contributed by atoms with Crippen molar-refractivity contribution in [1.29, 1.82) is 0 Å². The lowest BCUT2D eigenvalue weighted by Crippen LogP contribution is -2.47. The number of H-pyrrole nitrogens is 1. The molecule has 9 heteroatoms. The summed E-state index contributed by atoms with van der Waals surface area (Å²) >= 11 is 0. The summed E-state index contributed by atoms with van der Waals surface area (Å²) in [6.07, 6.45) is 6.64. The maximum absolute atomic E-state index is 14.5. The Morgan fingerprint density at radius 1 is 1.00 bits per heavy atom. The maximum atomic E-state index is 14.5. The second-order valence-electron chi connectivity index (χ2n) is 11.7. The second kappa shape index (κ2) is 10.5. The maximum Gasteiger partial charge on any atom is 0.254 e. The number of halogens is 2. The van der Waals surface area contributed by atoms with E-state index in [0.717, 1.165) is 17.5 Å². The first kappa shape index (κ1) is 26.1. The number of nitrogens with zero attached hydrogens (tertiary/aromatic N) is 3. The standard InChI is InChI=1S/C32H33F2N5O2/c1-18-19-2-6-21(7-3-19)29(18)37-28-16-27(20-4-8-22(9-5-20)32(40)39-10-12-41-13-11-39)36-31(38-28)25-17-35-30-24(25)14-23(33)15-26(30)34/h4-5,8-9,14-19,21,29,35H,2-3,6-7,10-13H2,1H3,(H,36,37,38)/t18-,19?,21?,29+/m0/s1. The number of ether oxygens (including phenoxy) is 1. The van der Waals surface area contributed by atoms with Crippen molar-refractivity contribution < 1.29 is 18.3 Å². The molecule has 8 rings (SSSR count). The number of fused-ring (bicyclic) bond motifs is 4. The summed E-state index contributed by atoms with van der Waals surface area (Å²) < 4.78 is 34.1. The number of hydrogen-bond donors (Lipinski definition) is 2. The number of rotatable bonds is 5. The first-order chi connectivity index (χ1) is 19.9. The van der Waals surface area contributed by atoms with Gasteiger partial charge in [-0.05, 0) is 61.6 Å². The van der Waals surface area contributed by atoms with Crippen LogP contribution >= 0.6 is 0 Å². The fraction of sp³-hybridized carbons (Fsp3) is 0.406. The van der Waals surface area contributed by atoms with Gasteiger partial charge in [-0.3, -0.25) is 4.79 Å². The van der Waals surface area contributed by atoms with Crippen LogP contribution in [-0.4, -0.2) is 58.1 Å². The summed E-state index contributed by atoms with van der Waals surface area (Å²) in [5.41, 5.74) is 2.85. The van der Waals surface area contributed by atoms with Crippen LogP contribution in [0, 0.1) is 29.4 Å². The monoisotopic (exact) mass is 557 g/mol. The Hall–Kier alpha value is -3.85. The highest BCUT2D eigenvalue weighted by molar-refractivity contribution is 5.95. The molecule has 1 amide bonds. The van der Waals surface area contributed by atoms with Crippen LogP contribution in [0.25, 0.3) is 33.5 Å². The lowest BCUT2D eigenvalue weighted by Gasteiger charge is -2.47. The van der Waals surface area contributed by atoms with Crippen molar-refractivity contribution in [3.63, 3.8) is 0 Å². The zero-order chi connectivity index (χ0) is 28.1. The van der Waals surface area contributed by atoms with E-state index < -0.39 is 11.6 Å². The number of aromatic nitrogens is 3. The quantitative estimate of drug-likeness (QED) is 0.302. The number of morpholine rings is 1. The molecule has 0 unspecified atom stereocenters. The molecule has 2 bridgehead atoms. The van der Waals surface area contributed by atoms with Crippen molar-refractivity contribution in [2.75, 3.05) is 31.6 Å². The minimum Gasteiger partial charge on any atom is -0.378 e. The highest BCUT2D eigenvalue weighted by atomic mass is 19.1. The topological polar surface area (TPSA) is 83.1 Å². The molecule has 41 heavy (non-hydrogen) atoms. The van der Waals surface area contributed by atoms with Gasteiger partial charge in [-0.1, -0.05) is 19.1 Å². The van der Waals surface area contributed by atoms with Gasteiger partial charge in [-0.15, -0.1) is 0 Å². The molecule has 3 heterocycles. The molecule has 0 spiro atoms. The van der Waals surface area contributed by atoms with Gasteiger partial charge >= 0.3 is 0 Å². The first-order valence-electron chi connectivity index (χ1n) is 14.5. The molecule has 3 aliphatic carbocycles. The van der Waals surface area contributed by atoms with Gasteiger partial charge in [0.15, 0.2) is 5.82 Å². The number of anilines is 1. The summed E-state index contributed by atoms with van der Waals surface area (Å²) in [6, 6.07) is 11.8. The number of carbonyl (C=O) groups is 1. The summed E-state index contributed by atoms with van der Waals surface area (Å²) in [5.74, 6) is 1.58. The van der Waals surface area contributed by atoms with Gasteiger partial charge in [0.2, 0.25) is 0 Å². The highest BCUT2D eigenvalue weighted by Crippen LogP contribution is 2.46. The third-order valence-corrected chi connectivity index (χ3v) is 9.35. The molecular weight excluding hydrogens is 524 g/mol. The van der Waals surface area contributed by atoms with Crippen molar-refractivity contribution in [3.05, 3.63) is 65.9 Å². The minimum absolute atomic E-state index is 0.0187. The lowest BCUT2D eigenvalue weighted by atomic mass is 9.62. The molecule has 2 aromatic heterocycles. The second-order valence-corrected chi connectivity index (χ2v) is 11.7. The molecule has 7 nitrogen and oxygen atoms in total. The Labute approximate surface area is 237 Å². The Morgan fingerprint density at radius 2 is 1.73 bits per heavy atom. The smallest absolute Gasteiger partial charge is 0.254 e. The molecule has 3 saturated carbocycles. The third kappa shape index (κ3) is 4.86. The molecule has 4 aromatic rings. The number of hydrogen-bond acceptors (Lipinski definition) is 5. The average molecular weight is 558 g/mol. The van der Waals surface area contributed by atoms with Crippen LogP contribution in [0.3, 0.4) is 0 Å². The van der Waals surface area contributed by atoms with Crippen LogP contribution in [0.4, 0.5) is 14.6 Å². The van der Waals surface area contributed by atoms with Gasteiger partial charge in [0.05, 0.1) is 24.4 Å². The van der Waals surface area contributed by atoms with Crippen molar-refractivity contribution >= 4 is 22.6 Å². The van der Waals surface area contributed by atoms with Crippen molar-refractivity contribution in [2.24, 2.45) is 17.8 Å². The van der Waals surface area contributed by atoms with E-state index >= 15 is 0 Å². The van der Waals surface area contributed by atoms with Crippen LogP contribution in [0.2, 0.25) is 0 Å². The largest absolute Gasteiger partial charge is 0.378 e. The minimum atomic E-state index is -0.659. The molecule has 1 saturated heterocycles. The zero-order valence-electron chi connectivity index (χ0n) is 23.0. The van der Waals surface area contributed by atoms with Gasteiger partial charge in [-0.2, -0.15) is 0 Å². The predicted molar refractivity (Wildman–Crippen MR) is 153 cm³/mol. The zero-order valence-corrected chi connectivity index (χ0v) is 23.0. The van der Waals surface area contributed by atoms with E-state index in [1.165, 1.54) is 31.7 Å². The van der Waals surface area contributed by atoms with E-state index in [9.17, 15) is 13.6 Å². The van der Waals surface area contributed by atoms with Crippen LogP contribution in [0.1, 0.15) is 43.0 Å². The van der Waals surface area contributed by atoms with Gasteiger partial charge in [0.25, 0.3) is 5.91 Å². The van der Waals surface area contributed by atoms with Crippen LogP contribution in [0.15, 0.2) is 48.7 Å². The number of nitrogens with one attached hydrogen (secondary N) is 2. The van der Waals surface area contributed by atoms with E-state index in [2.05, 4.69) is 17.2 Å². The lowest BCUT2D eigenvalue weighted by molar-refractivity contribution is 0.0303. The van der Waals surface area contributed by atoms with Gasteiger partial charge in [0, 0.05) is 59.5 Å². The normalized spacial score (nSPS) is 24.1. The molecule has 2 atom stereocenters. The summed E-state index contributed by atoms with van der Waals surface area (Å²) in [4.78, 5) is 27.4. The highest BCUT2D eigenvalue weighted by Gasteiger charge is 2.41. The Balaban J connectivity index is 1.27. The fourth-order valence-corrected chi connectivity index (χ4v) is 7.03. The van der Waals surface area contributed by atoms with Crippen molar-refractivity contribution in [2.45, 2.75) is 38.6 Å². The Morgan fingerprint density at radius 3 is 2.46 bits per heavy atom. The number of benzene rings is 2. The van der Waals surface area contributed by atoms with Crippen LogP contribution in [-0.2, 0) is 4.74 Å². The Bertz CT molecular complexity index is 1590. The van der Waals surface area contributed by atoms with Crippen molar-refractivity contribution in [1.82, 2.24) is 19.9 Å². The molecule has 212 valence electrons. The fourth-order valence-electron chi connectivity index (χ4n) is 7.03. The van der Waals surface area contributed by atoms with E-state index in [4.69, 9.17) is 14.7 Å². The number of amides is 1. The summed E-state index contributed by atoms with van der Waals surface area (Å²) in [7, 11) is 0. The van der Waals surface area contributed by atoms with Gasteiger partial charge in [0.1, 0.15) is 17.5 Å². The molecular formula is C32H33F2N5O2. The molecule has 4 aliphatic rings. The van der Waals surface area contributed by atoms with Crippen LogP contribution < -0.4 is 5.32 Å². The molecule has 1 aliphatic heterocycles. The SMILES string of the molecule is C[C@H]1C2CCC(CC2)[C@@H]1Nc1cc(-c2ccc(C(=O)N3CCOCC3)cc2)nc(-c2c[nH]c3c(F)cc(F)cc23)n1. The summed E-state index contributed by atoms with van der Waals surface area (Å²) in [6.45, 7) is 4.58. The Kier molecular flexibility index (Phi) is 6.69. The van der Waals surface area contributed by atoms with Gasteiger partial charge in [-0.25, -0.2) is 18.7 Å². The average Bonchev–Trinajstić information content (AvgIpc) is 3.43. The van der Waals surface area contributed by atoms with Gasteiger partial charge < -0.3 is 19.9 Å².